The third-order valence-electron chi connectivity index (χ3n) is 13.9. The van der Waals surface area contributed by atoms with Gasteiger partial charge in [0.2, 0.25) is 9.23 Å². The van der Waals surface area contributed by atoms with Crippen molar-refractivity contribution in [2.75, 3.05) is 26.2 Å². The van der Waals surface area contributed by atoms with Gasteiger partial charge in [-0.15, -0.1) is 59.6 Å². The van der Waals surface area contributed by atoms with Gasteiger partial charge in [-0.25, -0.2) is 44.1 Å². The number of ether oxygens (including phenoxy) is 1. The van der Waals surface area contributed by atoms with E-state index in [1.54, 1.807) is 26.5 Å². The summed E-state index contributed by atoms with van der Waals surface area (Å²) < 4.78 is 32.3. The first-order chi connectivity index (χ1) is 53.7. The Morgan fingerprint density at radius 3 is 1.21 bits per heavy atom. The summed E-state index contributed by atoms with van der Waals surface area (Å²) in [6, 6.07) is 6.46. The molecule has 0 saturated carbocycles. The number of aliphatic hydroxyl groups is 3. The monoisotopic (exact) mass is 2290 g/mol. The summed E-state index contributed by atoms with van der Waals surface area (Å²) in [5.74, 6) is 2.04. The van der Waals surface area contributed by atoms with Crippen LogP contribution >= 0.6 is 139 Å². The standard InChI is InChI=1S/2C13H18N4OS.C8H13ClN2.C8H14N2O.C8H12N2O.C5H6N2OS.C5H6N2O.C4H8BO.C3H7I.CH2Cl2.CH2O3.2CH4O.B.Cl2OS.2ClH.2K.Na.U.2H/c2*1-8(2)17-7-14-10(4)11(17)6-19-13-15-9(3)5-12(18)16-13;1-6(2)11-5-10-7(3)8(11)4-9;2*1-6(2)10-5-9-7(3)8(10)4-11;1-3-2-4(8)7-5(9)6-3;1-4-5(2-8)7-3-6-4;5-4-2-1-3-6-4;1-3(2)4;2-1-3;2-1-4-3;2*1-2;;1-4(2)3;;;;;;;;/h2*5,7-8H,6H2,1-4H3,(H,15,16,18);5-6H,4H2,1-3H3;5-6,11H,4H2,1-3H3;4-6H,1-3H3;2H,1H3,(H2,6,7,8,9);2-3H,1H3,(H,6,7);4-5H,1-3H2;3H,1-2H3;1H2;1,3H;2*2H,1H3;;;2*1H;;;;;;/q;;;;;;;;;;;;;;;;;3*+1;;2*-1/p-1/i;;;;;;;5D;;;;;;;;;;;;;;;. The van der Waals surface area contributed by atoms with Crippen LogP contribution in [0.3, 0.4) is 0 Å². The number of nitrogens with one attached hydrogen (secondary N) is 5. The summed E-state index contributed by atoms with van der Waals surface area (Å²) in [7, 11) is 10.7. The summed E-state index contributed by atoms with van der Waals surface area (Å²) >= 11 is 25.4. The molecule has 1 fully saturated rings. The fraction of sp³-hybridized carbons (Fsp3) is 0.535. The second-order valence-corrected chi connectivity index (χ2v) is 33.0. The van der Waals surface area contributed by atoms with Crippen molar-refractivity contribution in [2.24, 2.45) is 0 Å². The first-order valence-electron chi connectivity index (χ1n) is 35.1. The first kappa shape index (κ1) is 140. The van der Waals surface area contributed by atoms with E-state index < -0.39 is 9.23 Å². The third kappa shape index (κ3) is 65.4. The Morgan fingerprint density at radius 2 is 0.975 bits per heavy atom. The molecule has 1 aliphatic heterocycles. The number of imidazole rings is 6. The average Bonchev–Trinajstić information content (AvgIpc) is 1.72. The van der Waals surface area contributed by atoms with E-state index in [1.807, 2.05) is 90.4 Å². The molecular weight excluding hydrogens is 2180 g/mol. The molecule has 4 radical (unpaired) electrons. The molecule has 1 unspecified atom stereocenters. The fourth-order valence-corrected chi connectivity index (χ4v) is 11.3. The van der Waals surface area contributed by atoms with E-state index >= 15 is 0 Å². The molecule has 120 heavy (non-hydrogen) atoms. The number of thioether (sulfide) groups is 2. The van der Waals surface area contributed by atoms with Gasteiger partial charge in [0.05, 0.1) is 107 Å². The number of alkyl halides is 4. The molecule has 0 amide bonds. The van der Waals surface area contributed by atoms with Crippen LogP contribution < -0.4 is 154 Å². The number of hydrogen-bond acceptors (Lipinski definition) is 24. The summed E-state index contributed by atoms with van der Waals surface area (Å²) in [5, 5.41) is 32.9. The van der Waals surface area contributed by atoms with Gasteiger partial charge in [-0.3, -0.25) is 33.8 Å². The normalized spacial score (nSPS) is 10.7. The third-order valence-corrected chi connectivity index (χ3v) is 16.1. The molecule has 10 rings (SSSR count). The van der Waals surface area contributed by atoms with Gasteiger partial charge in [0.25, 0.3) is 23.2 Å². The van der Waals surface area contributed by atoms with Crippen molar-refractivity contribution in [2.45, 2.75) is 233 Å². The number of aldehydes is 2. The Morgan fingerprint density at radius 1 is 0.642 bits per heavy atom. The number of H-pyrrole nitrogens is 5. The molecule has 1 atom stereocenters. The Balaban J connectivity index is -0.0000000997. The van der Waals surface area contributed by atoms with E-state index in [4.69, 9.17) is 70.5 Å². The number of halogens is 8. The van der Waals surface area contributed by atoms with E-state index in [0.717, 1.165) is 124 Å². The van der Waals surface area contributed by atoms with Crippen molar-refractivity contribution in [1.82, 2.24) is 87.6 Å². The Hall–Kier alpha value is -0.205. The second kappa shape index (κ2) is 85.6. The minimum absolute atomic E-state index is 0. The number of carbonyl (C=O) groups excluding carboxylic acids is 3. The van der Waals surface area contributed by atoms with Crippen LogP contribution in [0.15, 0.2) is 80.9 Å². The van der Waals surface area contributed by atoms with E-state index in [9.17, 15) is 24.0 Å². The predicted molar refractivity (Wildman–Crippen MR) is 489 cm³/mol. The molecule has 1 aliphatic rings. The molecule has 0 bridgehead atoms. The quantitative estimate of drug-likeness (QED) is 0.00554. The average molecular weight is 2300 g/mol. The summed E-state index contributed by atoms with van der Waals surface area (Å²) in [6.45, 7) is 42.9. The van der Waals surface area contributed by atoms with Crippen LogP contribution in [0.25, 0.3) is 0 Å². The van der Waals surface area contributed by atoms with Gasteiger partial charge >= 0.3 is 132 Å². The van der Waals surface area contributed by atoms with Crippen LogP contribution in [0, 0.1) is 98.2 Å². The molecule has 9 aromatic heterocycles. The van der Waals surface area contributed by atoms with Crippen LogP contribution in [0.2, 0.25) is 0 Å². The number of aromatic amines is 5. The molecule has 9 aromatic rings. The van der Waals surface area contributed by atoms with Gasteiger partial charge in [0, 0.05) is 174 Å². The van der Waals surface area contributed by atoms with E-state index in [2.05, 4.69) is 209 Å². The van der Waals surface area contributed by atoms with Crippen molar-refractivity contribution in [1.29, 1.82) is 1.34 Å². The minimum Gasteiger partial charge on any atom is -1.00 e. The molecule has 49 heteroatoms. The maximum atomic E-state index is 11.4. The first-order valence-corrected chi connectivity index (χ1v) is 42.6. The Labute approximate surface area is 910 Å². The van der Waals surface area contributed by atoms with Crippen LogP contribution in [-0.2, 0) is 47.6 Å². The van der Waals surface area contributed by atoms with Crippen molar-refractivity contribution in [3.05, 3.63) is 177 Å². The maximum absolute atomic E-state index is 11.4. The number of rotatable bonds is 17. The van der Waals surface area contributed by atoms with Gasteiger partial charge in [-0.05, 0) is 158 Å². The van der Waals surface area contributed by atoms with Crippen molar-refractivity contribution in [3.8, 4) is 0 Å². The number of hydrogen-bond donors (Lipinski definition) is 8. The number of aliphatic hydroxyl groups excluding tert-OH is 3. The number of nitrogens with zero attached hydrogens (tertiary/aromatic N) is 13. The number of aryl methyl sites for hydroxylation is 9. The number of aromatic nitrogens is 18. The zero-order valence-corrected chi connectivity index (χ0v) is 96.5. The molecular formula is C71H117B2Cl7IK2N18NaO13S4U. The van der Waals surface area contributed by atoms with Crippen LogP contribution in [-0.4, -0.2) is 180 Å². The summed E-state index contributed by atoms with van der Waals surface area (Å²) in [6.07, 6.45) is 14.3. The topological polar surface area (TPSA) is 428 Å². The van der Waals surface area contributed by atoms with Crippen molar-refractivity contribution in [3.63, 3.8) is 0 Å². The van der Waals surface area contributed by atoms with Crippen LogP contribution in [0.1, 0.15) is 224 Å². The Kier molecular flexibility index (Phi) is 100.0. The number of carbonyl (C=O) groups is 3. The molecule has 0 aliphatic carbocycles. The zero-order valence-electron chi connectivity index (χ0n) is 76.2. The maximum Gasteiger partial charge on any atom is 1.00 e. The van der Waals surface area contributed by atoms with E-state index in [0.29, 0.717) is 62.6 Å². The summed E-state index contributed by atoms with van der Waals surface area (Å²) in [4.78, 5) is 112. The van der Waals surface area contributed by atoms with Crippen molar-refractivity contribution < 1.29 is 215 Å². The SMILES string of the molecule is CC(C)I.CO.CO.Cc1[nH]cnc1C=O.Cc1cc(=O)[nH]c(=S)[nH]1.Cc1cc(=O)[nH]c(SCc2c(C)ncn2C(C)C)n1.Cc1cc(=O)[nH]c(SCc2c(C)ncn2C(C)C)n1.Cc1ncn(C(C)C)c1C=O.Cc1ncn(C(C)C)c1CCl.Cc1ncn(C(C)C)c1CO.Cl.Cl.ClCCl.O=CO[O-].O=S(Cl)Cl.[2H][B]C1CCCO1.[B].[H-].[H-].[K+].[K+].[Na+].[U]. The minimum atomic E-state index is -1.67. The molecule has 0 aromatic carbocycles. The Bertz CT molecular complexity index is 4200. The van der Waals surface area contributed by atoms with Gasteiger partial charge in [-0.2, -0.15) is 0 Å². The zero-order chi connectivity index (χ0) is 88.5. The summed E-state index contributed by atoms with van der Waals surface area (Å²) in [5.41, 5.74) is 13.1. The van der Waals surface area contributed by atoms with Gasteiger partial charge in [-0.1, -0.05) is 60.0 Å². The van der Waals surface area contributed by atoms with Crippen LogP contribution in [0.4, 0.5) is 0 Å². The molecule has 31 nitrogen and oxygen atoms in total. The molecule has 0 spiro atoms. The van der Waals surface area contributed by atoms with E-state index in [-0.39, 0.29) is 241 Å². The van der Waals surface area contributed by atoms with Gasteiger partial charge in [0.1, 0.15) is 19.2 Å². The molecule has 8 N–H and O–H groups in total. The fourth-order valence-electron chi connectivity index (χ4n) is 8.64. The van der Waals surface area contributed by atoms with E-state index in [1.165, 1.54) is 67.2 Å². The second-order valence-electron chi connectivity index (χ2n) is 24.5. The van der Waals surface area contributed by atoms with Gasteiger partial charge < -0.3 is 75.8 Å². The van der Waals surface area contributed by atoms with Gasteiger partial charge in [0.15, 0.2) is 27.7 Å². The predicted octanol–water partition coefficient (Wildman–Crippen LogP) is 5.21. The van der Waals surface area contributed by atoms with Crippen LogP contribution in [0.5, 0.6) is 0 Å². The van der Waals surface area contributed by atoms with Crippen molar-refractivity contribution >= 4 is 184 Å². The largest absolute Gasteiger partial charge is 1.00 e. The molecule has 10 heterocycles. The molecule has 662 valence electrons. The smallest absolute Gasteiger partial charge is 1.00 e. The molecule has 1 saturated heterocycles.